The van der Waals surface area contributed by atoms with Crippen LogP contribution in [0.25, 0.3) is 0 Å². The molecule has 0 aliphatic carbocycles. The van der Waals surface area contributed by atoms with Gasteiger partial charge >= 0.3 is 6.03 Å². The van der Waals surface area contributed by atoms with Crippen molar-refractivity contribution in [3.8, 4) is 0 Å². The Kier molecular flexibility index (Phi) is 3.33. The Morgan fingerprint density at radius 2 is 2.36 bits per heavy atom. The summed E-state index contributed by atoms with van der Waals surface area (Å²) in [6, 6.07) is 2.06. The Labute approximate surface area is 79.1 Å². The molecule has 0 saturated carbocycles. The molecule has 14 heavy (non-hydrogen) atoms. The van der Waals surface area contributed by atoms with Gasteiger partial charge in [-0.15, -0.1) is 0 Å². The molecule has 0 unspecified atom stereocenters. The molecule has 1 aromatic heterocycles. The second-order valence-corrected chi connectivity index (χ2v) is 2.61. The zero-order valence-corrected chi connectivity index (χ0v) is 7.21. The van der Waals surface area contributed by atoms with E-state index in [9.17, 15) is 13.6 Å². The number of urea groups is 1. The molecule has 0 spiro atoms. The van der Waals surface area contributed by atoms with E-state index in [2.05, 4.69) is 10.3 Å². The van der Waals surface area contributed by atoms with Crippen molar-refractivity contribution in [3.63, 3.8) is 0 Å². The van der Waals surface area contributed by atoms with Crippen molar-refractivity contribution < 1.29 is 13.6 Å². The van der Waals surface area contributed by atoms with Gasteiger partial charge in [-0.05, 0) is 17.7 Å². The van der Waals surface area contributed by atoms with Crippen LogP contribution >= 0.6 is 0 Å². The summed E-state index contributed by atoms with van der Waals surface area (Å²) in [6.07, 6.45) is -1.34. The van der Waals surface area contributed by atoms with Crippen molar-refractivity contribution in [1.82, 2.24) is 10.3 Å². The highest BCUT2D eigenvalue weighted by Gasteiger charge is 2.08. The third-order valence-corrected chi connectivity index (χ3v) is 1.54. The summed E-state index contributed by atoms with van der Waals surface area (Å²) in [7, 11) is 0. The van der Waals surface area contributed by atoms with Crippen LogP contribution < -0.4 is 11.1 Å². The van der Waals surface area contributed by atoms with Gasteiger partial charge in [0.25, 0.3) is 6.43 Å². The molecule has 0 bridgehead atoms. The van der Waals surface area contributed by atoms with Gasteiger partial charge in [0.05, 0.1) is 0 Å². The fourth-order valence-electron chi connectivity index (χ4n) is 0.913. The van der Waals surface area contributed by atoms with Crippen LogP contribution in [0.4, 0.5) is 13.6 Å². The van der Waals surface area contributed by atoms with Crippen LogP contribution in [0.3, 0.4) is 0 Å². The second kappa shape index (κ2) is 4.50. The largest absolute Gasteiger partial charge is 0.352 e. The number of halogens is 2. The number of hydrogen-bond donors (Lipinski definition) is 2. The summed E-state index contributed by atoms with van der Waals surface area (Å²) in [4.78, 5) is 13.8. The zero-order valence-electron chi connectivity index (χ0n) is 7.21. The highest BCUT2D eigenvalue weighted by Crippen LogP contribution is 2.16. The van der Waals surface area contributed by atoms with Crippen molar-refractivity contribution >= 4 is 6.03 Å². The maximum Gasteiger partial charge on any atom is 0.312 e. The van der Waals surface area contributed by atoms with E-state index in [1.807, 2.05) is 0 Å². The number of hydrogen-bond acceptors (Lipinski definition) is 2. The normalized spacial score (nSPS) is 10.2. The first-order valence-electron chi connectivity index (χ1n) is 3.86. The Morgan fingerprint density at radius 1 is 1.64 bits per heavy atom. The minimum atomic E-state index is -2.61. The number of alkyl halides is 2. The number of amides is 2. The lowest BCUT2D eigenvalue weighted by Gasteiger charge is -2.03. The molecular weight excluding hydrogens is 192 g/mol. The first-order valence-corrected chi connectivity index (χ1v) is 3.86. The minimum Gasteiger partial charge on any atom is -0.352 e. The van der Waals surface area contributed by atoms with Gasteiger partial charge in [0, 0.05) is 12.7 Å². The lowest BCUT2D eigenvalue weighted by atomic mass is 10.2. The molecule has 1 rings (SSSR count). The van der Waals surface area contributed by atoms with Crippen LogP contribution in [0.1, 0.15) is 17.7 Å². The van der Waals surface area contributed by atoms with Crippen LogP contribution in [-0.4, -0.2) is 11.0 Å². The van der Waals surface area contributed by atoms with Crippen molar-refractivity contribution in [3.05, 3.63) is 29.6 Å². The molecule has 3 N–H and O–H groups in total. The molecule has 76 valence electrons. The van der Waals surface area contributed by atoms with Crippen LogP contribution in [0.2, 0.25) is 0 Å². The third kappa shape index (κ3) is 2.96. The molecule has 1 heterocycles. The Morgan fingerprint density at radius 3 is 2.93 bits per heavy atom. The van der Waals surface area contributed by atoms with Gasteiger partial charge in [-0.1, -0.05) is 0 Å². The van der Waals surface area contributed by atoms with E-state index in [0.29, 0.717) is 5.56 Å². The number of nitrogens with one attached hydrogen (secondary N) is 1. The van der Waals surface area contributed by atoms with E-state index >= 15 is 0 Å². The lowest BCUT2D eigenvalue weighted by Crippen LogP contribution is -2.28. The van der Waals surface area contributed by atoms with Gasteiger partial charge in [0.2, 0.25) is 0 Å². The van der Waals surface area contributed by atoms with Gasteiger partial charge in [0.15, 0.2) is 0 Å². The van der Waals surface area contributed by atoms with Crippen molar-refractivity contribution in [2.45, 2.75) is 13.0 Å². The highest BCUT2D eigenvalue weighted by atomic mass is 19.3. The summed E-state index contributed by atoms with van der Waals surface area (Å²) in [5.41, 5.74) is 5.05. The van der Waals surface area contributed by atoms with Crippen LogP contribution in [0.15, 0.2) is 18.3 Å². The van der Waals surface area contributed by atoms with Gasteiger partial charge < -0.3 is 11.1 Å². The van der Waals surface area contributed by atoms with Gasteiger partial charge in [-0.2, -0.15) is 0 Å². The topological polar surface area (TPSA) is 68.0 Å². The fourth-order valence-corrected chi connectivity index (χ4v) is 0.913. The van der Waals surface area contributed by atoms with E-state index in [0.717, 1.165) is 0 Å². The number of pyridine rings is 1. The number of nitrogens with zero attached hydrogens (tertiary/aromatic N) is 1. The SMILES string of the molecule is NC(=O)NCc1ccnc(C(F)F)c1. The van der Waals surface area contributed by atoms with E-state index < -0.39 is 12.5 Å². The smallest absolute Gasteiger partial charge is 0.312 e. The molecule has 0 aromatic carbocycles. The van der Waals surface area contributed by atoms with Crippen LogP contribution in [-0.2, 0) is 6.54 Å². The third-order valence-electron chi connectivity index (χ3n) is 1.54. The fraction of sp³-hybridized carbons (Fsp3) is 0.250. The molecule has 2 amide bonds. The Balaban J connectivity index is 2.68. The second-order valence-electron chi connectivity index (χ2n) is 2.61. The molecule has 0 aliphatic rings. The number of carbonyl (C=O) groups is 1. The number of nitrogens with two attached hydrogens (primary N) is 1. The molecule has 0 aliphatic heterocycles. The Hall–Kier alpha value is -1.72. The zero-order chi connectivity index (χ0) is 10.6. The molecule has 4 nitrogen and oxygen atoms in total. The first kappa shape index (κ1) is 10.4. The number of rotatable bonds is 3. The summed E-state index contributed by atoms with van der Waals surface area (Å²) in [5.74, 6) is 0. The van der Waals surface area contributed by atoms with Gasteiger partial charge in [-0.3, -0.25) is 4.98 Å². The number of aromatic nitrogens is 1. The predicted molar refractivity (Wildman–Crippen MR) is 45.6 cm³/mol. The van der Waals surface area contributed by atoms with Crippen LogP contribution in [0, 0.1) is 0 Å². The number of carbonyl (C=O) groups excluding carboxylic acids is 1. The molecule has 6 heteroatoms. The van der Waals surface area contributed by atoms with Crippen molar-refractivity contribution in [2.24, 2.45) is 5.73 Å². The van der Waals surface area contributed by atoms with Gasteiger partial charge in [-0.25, -0.2) is 13.6 Å². The summed E-state index contributed by atoms with van der Waals surface area (Å²) >= 11 is 0. The summed E-state index contributed by atoms with van der Waals surface area (Å²) in [6.45, 7) is 0.123. The molecule has 0 atom stereocenters. The standard InChI is InChI=1S/C8H9F2N3O/c9-7(10)6-3-5(1-2-12-6)4-13-8(11)14/h1-3,7H,4H2,(H3,11,13,14). The maximum absolute atomic E-state index is 12.2. The average molecular weight is 201 g/mol. The molecule has 0 saturated heterocycles. The van der Waals surface area contributed by atoms with Gasteiger partial charge in [0.1, 0.15) is 5.69 Å². The molecule has 0 fully saturated rings. The van der Waals surface area contributed by atoms with Crippen molar-refractivity contribution in [2.75, 3.05) is 0 Å². The first-order chi connectivity index (χ1) is 6.59. The minimum absolute atomic E-state index is 0.123. The quantitative estimate of drug-likeness (QED) is 0.771. The average Bonchev–Trinajstić information content (AvgIpc) is 2.15. The monoisotopic (exact) mass is 201 g/mol. The highest BCUT2D eigenvalue weighted by molar-refractivity contribution is 5.71. The summed E-state index contributed by atoms with van der Waals surface area (Å²) in [5, 5.41) is 2.29. The maximum atomic E-state index is 12.2. The van der Waals surface area contributed by atoms with E-state index in [1.165, 1.54) is 18.3 Å². The van der Waals surface area contributed by atoms with E-state index in [1.54, 1.807) is 0 Å². The predicted octanol–water partition coefficient (Wildman–Crippen LogP) is 1.19. The molecule has 0 radical (unpaired) electrons. The Bertz CT molecular complexity index is 330. The summed E-state index contributed by atoms with van der Waals surface area (Å²) < 4.78 is 24.3. The van der Waals surface area contributed by atoms with Crippen molar-refractivity contribution in [1.29, 1.82) is 0 Å². The number of primary amides is 1. The van der Waals surface area contributed by atoms with E-state index in [-0.39, 0.29) is 12.2 Å². The molecule has 1 aromatic rings. The van der Waals surface area contributed by atoms with Crippen LogP contribution in [0.5, 0.6) is 0 Å². The van der Waals surface area contributed by atoms with E-state index in [4.69, 9.17) is 5.73 Å². The molecular formula is C8H9F2N3O. The lowest BCUT2D eigenvalue weighted by molar-refractivity contribution is 0.146.